The third-order valence-corrected chi connectivity index (χ3v) is 10.8. The molecule has 0 aliphatic heterocycles. The first-order valence-corrected chi connectivity index (χ1v) is 23.3. The number of rotatable bonds is 41. The summed E-state index contributed by atoms with van der Waals surface area (Å²) in [5.41, 5.74) is 0. The van der Waals surface area contributed by atoms with Gasteiger partial charge in [-0.15, -0.1) is 0 Å². The lowest BCUT2D eigenvalue weighted by molar-refractivity contribution is -0.167. The van der Waals surface area contributed by atoms with Crippen LogP contribution < -0.4 is 0 Å². The monoisotopic (exact) mass is 751 g/mol. The predicted octanol–water partition coefficient (Wildman–Crippen LogP) is 14.6. The summed E-state index contributed by atoms with van der Waals surface area (Å²) in [4.78, 5) is 37.7. The Labute approximate surface area is 329 Å². The lowest BCUT2D eigenvalue weighted by atomic mass is 9.99. The molecule has 53 heavy (non-hydrogen) atoms. The molecule has 0 aliphatic rings. The molecule has 0 heterocycles. The molecule has 314 valence electrons. The average Bonchev–Trinajstić information content (AvgIpc) is 3.14. The second-order valence-corrected chi connectivity index (χ2v) is 16.8. The summed E-state index contributed by atoms with van der Waals surface area (Å²) in [7, 11) is 0. The van der Waals surface area contributed by atoms with E-state index in [-0.39, 0.29) is 31.1 Å². The van der Waals surface area contributed by atoms with Crippen molar-refractivity contribution in [1.82, 2.24) is 0 Å². The summed E-state index contributed by atoms with van der Waals surface area (Å²) in [6.45, 7) is 11.3. The van der Waals surface area contributed by atoms with Crippen molar-refractivity contribution in [1.29, 1.82) is 0 Å². The van der Waals surface area contributed by atoms with Crippen molar-refractivity contribution in [3.63, 3.8) is 0 Å². The standard InChI is InChI=1S/C47H90O6/c1-6-8-9-10-11-15-22-27-32-37-45(48)51-40-44(41-52-46(49)38-33-28-23-19-14-16-20-25-30-35-42(3)4)53-47(50)39-34-29-24-18-13-12-17-21-26-31-36-43(5)7-2/h42-44H,6-41H2,1-5H3/t43?,44-/m1/s1. The largest absolute Gasteiger partial charge is 0.462 e. The fourth-order valence-corrected chi connectivity index (χ4v) is 6.90. The quantitative estimate of drug-likeness (QED) is 0.0352. The van der Waals surface area contributed by atoms with Gasteiger partial charge in [-0.1, -0.05) is 214 Å². The molecule has 0 aromatic rings. The van der Waals surface area contributed by atoms with E-state index in [2.05, 4.69) is 34.6 Å². The summed E-state index contributed by atoms with van der Waals surface area (Å²) >= 11 is 0. The maximum atomic E-state index is 12.7. The molecule has 0 fully saturated rings. The van der Waals surface area contributed by atoms with Gasteiger partial charge in [0.25, 0.3) is 0 Å². The normalized spacial score (nSPS) is 12.6. The summed E-state index contributed by atoms with van der Waals surface area (Å²) in [5.74, 6) is 0.817. The van der Waals surface area contributed by atoms with E-state index in [1.165, 1.54) is 141 Å². The molecular weight excluding hydrogens is 661 g/mol. The van der Waals surface area contributed by atoms with Crippen LogP contribution in [0.15, 0.2) is 0 Å². The SMILES string of the molecule is CCCCCCCCCCCC(=O)OC[C@H](COC(=O)CCCCCCCCCCCC(C)C)OC(=O)CCCCCCCCCCCCC(C)CC. The molecule has 0 saturated heterocycles. The first-order valence-electron chi connectivity index (χ1n) is 23.3. The Morgan fingerprint density at radius 3 is 1.08 bits per heavy atom. The number of hydrogen-bond donors (Lipinski definition) is 0. The van der Waals surface area contributed by atoms with E-state index in [9.17, 15) is 14.4 Å². The highest BCUT2D eigenvalue weighted by Crippen LogP contribution is 2.17. The summed E-state index contributed by atoms with van der Waals surface area (Å²) < 4.78 is 16.7. The Balaban J connectivity index is 4.33. The summed E-state index contributed by atoms with van der Waals surface area (Å²) in [6, 6.07) is 0. The van der Waals surface area contributed by atoms with Crippen LogP contribution in [0.1, 0.15) is 253 Å². The molecule has 6 nitrogen and oxygen atoms in total. The molecule has 0 saturated carbocycles. The molecule has 0 bridgehead atoms. The van der Waals surface area contributed by atoms with Crippen molar-refractivity contribution in [3.05, 3.63) is 0 Å². The van der Waals surface area contributed by atoms with Crippen LogP contribution in [0.4, 0.5) is 0 Å². The molecule has 0 aromatic carbocycles. The van der Waals surface area contributed by atoms with E-state index in [1.54, 1.807) is 0 Å². The molecule has 6 heteroatoms. The third kappa shape index (κ3) is 39.9. The highest BCUT2D eigenvalue weighted by Gasteiger charge is 2.19. The van der Waals surface area contributed by atoms with Crippen molar-refractivity contribution in [2.45, 2.75) is 259 Å². The molecule has 0 aliphatic carbocycles. The second-order valence-electron chi connectivity index (χ2n) is 16.8. The van der Waals surface area contributed by atoms with Gasteiger partial charge in [0.15, 0.2) is 6.10 Å². The van der Waals surface area contributed by atoms with Crippen molar-refractivity contribution in [3.8, 4) is 0 Å². The van der Waals surface area contributed by atoms with Crippen molar-refractivity contribution in [2.24, 2.45) is 11.8 Å². The van der Waals surface area contributed by atoms with Gasteiger partial charge in [-0.05, 0) is 31.1 Å². The van der Waals surface area contributed by atoms with E-state index < -0.39 is 6.10 Å². The van der Waals surface area contributed by atoms with E-state index >= 15 is 0 Å². The van der Waals surface area contributed by atoms with Gasteiger partial charge in [-0.3, -0.25) is 14.4 Å². The number of ether oxygens (including phenoxy) is 3. The zero-order chi connectivity index (χ0) is 39.0. The predicted molar refractivity (Wildman–Crippen MR) is 224 cm³/mol. The summed E-state index contributed by atoms with van der Waals surface area (Å²) in [6.07, 6.45) is 38.0. The van der Waals surface area contributed by atoms with Crippen molar-refractivity contribution >= 4 is 17.9 Å². The van der Waals surface area contributed by atoms with Gasteiger partial charge in [-0.2, -0.15) is 0 Å². The van der Waals surface area contributed by atoms with Gasteiger partial charge >= 0.3 is 17.9 Å². The Bertz CT molecular complexity index is 811. The highest BCUT2D eigenvalue weighted by atomic mass is 16.6. The maximum Gasteiger partial charge on any atom is 0.306 e. The highest BCUT2D eigenvalue weighted by molar-refractivity contribution is 5.71. The van der Waals surface area contributed by atoms with Crippen LogP contribution >= 0.6 is 0 Å². The fourth-order valence-electron chi connectivity index (χ4n) is 6.90. The summed E-state index contributed by atoms with van der Waals surface area (Å²) in [5, 5.41) is 0. The zero-order valence-electron chi connectivity index (χ0n) is 36.1. The minimum absolute atomic E-state index is 0.0651. The first kappa shape index (κ1) is 51.4. The third-order valence-electron chi connectivity index (χ3n) is 10.8. The minimum Gasteiger partial charge on any atom is -0.462 e. The van der Waals surface area contributed by atoms with E-state index in [0.29, 0.717) is 19.3 Å². The molecule has 0 amide bonds. The van der Waals surface area contributed by atoms with E-state index in [4.69, 9.17) is 14.2 Å². The number of carbonyl (C=O) groups excluding carboxylic acids is 3. The van der Waals surface area contributed by atoms with E-state index in [0.717, 1.165) is 69.6 Å². The number of hydrogen-bond acceptors (Lipinski definition) is 6. The maximum absolute atomic E-state index is 12.7. The van der Waals surface area contributed by atoms with Crippen molar-refractivity contribution < 1.29 is 28.6 Å². The van der Waals surface area contributed by atoms with Gasteiger partial charge in [0, 0.05) is 19.3 Å². The molecule has 0 spiro atoms. The van der Waals surface area contributed by atoms with Gasteiger partial charge in [0.2, 0.25) is 0 Å². The van der Waals surface area contributed by atoms with Crippen LogP contribution in [0.3, 0.4) is 0 Å². The molecule has 0 rings (SSSR count). The second kappa shape index (κ2) is 40.1. The topological polar surface area (TPSA) is 78.9 Å². The van der Waals surface area contributed by atoms with Crippen LogP contribution in [0.5, 0.6) is 0 Å². The Morgan fingerprint density at radius 2 is 0.717 bits per heavy atom. The van der Waals surface area contributed by atoms with Gasteiger partial charge in [-0.25, -0.2) is 0 Å². The zero-order valence-corrected chi connectivity index (χ0v) is 36.1. The van der Waals surface area contributed by atoms with Gasteiger partial charge < -0.3 is 14.2 Å². The Kier molecular flexibility index (Phi) is 38.9. The number of esters is 3. The van der Waals surface area contributed by atoms with Gasteiger partial charge in [0.05, 0.1) is 0 Å². The molecule has 0 aromatic heterocycles. The molecule has 2 atom stereocenters. The molecular formula is C47H90O6. The average molecular weight is 751 g/mol. The smallest absolute Gasteiger partial charge is 0.306 e. The number of carbonyl (C=O) groups is 3. The lowest BCUT2D eigenvalue weighted by Gasteiger charge is -2.18. The van der Waals surface area contributed by atoms with Crippen molar-refractivity contribution in [2.75, 3.05) is 13.2 Å². The van der Waals surface area contributed by atoms with E-state index in [1.807, 2.05) is 0 Å². The molecule has 0 radical (unpaired) electrons. The first-order chi connectivity index (χ1) is 25.8. The Morgan fingerprint density at radius 1 is 0.396 bits per heavy atom. The van der Waals surface area contributed by atoms with Crippen LogP contribution in [-0.4, -0.2) is 37.2 Å². The molecule has 0 N–H and O–H groups in total. The van der Waals surface area contributed by atoms with Crippen LogP contribution in [0.25, 0.3) is 0 Å². The lowest BCUT2D eigenvalue weighted by Crippen LogP contribution is -2.30. The Hall–Kier alpha value is -1.59. The van der Waals surface area contributed by atoms with Gasteiger partial charge in [0.1, 0.15) is 13.2 Å². The van der Waals surface area contributed by atoms with Crippen LogP contribution in [-0.2, 0) is 28.6 Å². The molecule has 1 unspecified atom stereocenters. The fraction of sp³-hybridized carbons (Fsp3) is 0.936. The van der Waals surface area contributed by atoms with Crippen LogP contribution in [0, 0.1) is 11.8 Å². The minimum atomic E-state index is -0.760. The number of unbranched alkanes of at least 4 members (excludes halogenated alkanes) is 25. The van der Waals surface area contributed by atoms with Crippen LogP contribution in [0.2, 0.25) is 0 Å².